The number of rotatable bonds is 5. The Morgan fingerprint density at radius 3 is 2.95 bits per heavy atom. The summed E-state index contributed by atoms with van der Waals surface area (Å²) >= 11 is 1.78. The Morgan fingerprint density at radius 1 is 1.20 bits per heavy atom. The highest BCUT2D eigenvalue weighted by Crippen LogP contribution is 2.26. The van der Waals surface area contributed by atoms with Crippen LogP contribution < -0.4 is 5.32 Å². The molecule has 0 aliphatic heterocycles. The molecule has 20 heavy (non-hydrogen) atoms. The van der Waals surface area contributed by atoms with E-state index in [1.807, 2.05) is 12.3 Å². The van der Waals surface area contributed by atoms with Crippen LogP contribution in [0, 0.1) is 0 Å². The number of para-hydroxylation sites is 1. The lowest BCUT2D eigenvalue weighted by Gasteiger charge is -2.04. The third-order valence-corrected chi connectivity index (χ3v) is 4.05. The lowest BCUT2D eigenvalue weighted by Crippen LogP contribution is -1.97. The van der Waals surface area contributed by atoms with E-state index >= 15 is 0 Å². The van der Waals surface area contributed by atoms with Crippen LogP contribution in [0.1, 0.15) is 12.6 Å². The van der Waals surface area contributed by atoms with E-state index in [0.29, 0.717) is 0 Å². The number of anilines is 1. The Kier molecular flexibility index (Phi) is 3.92. The Balaban J connectivity index is 1.71. The van der Waals surface area contributed by atoms with Gasteiger partial charge < -0.3 is 10.3 Å². The van der Waals surface area contributed by atoms with Gasteiger partial charge in [-0.05, 0) is 31.2 Å². The first-order valence-corrected chi connectivity index (χ1v) is 7.73. The average molecular weight is 283 g/mol. The molecule has 2 heterocycles. The van der Waals surface area contributed by atoms with E-state index < -0.39 is 0 Å². The van der Waals surface area contributed by atoms with Crippen LogP contribution in [0.3, 0.4) is 0 Å². The van der Waals surface area contributed by atoms with E-state index in [-0.39, 0.29) is 0 Å². The summed E-state index contributed by atoms with van der Waals surface area (Å²) in [6.45, 7) is 3.03. The number of nitrogens with zero attached hydrogens (tertiary/aromatic N) is 1. The van der Waals surface area contributed by atoms with Crippen molar-refractivity contribution in [1.82, 2.24) is 9.97 Å². The van der Waals surface area contributed by atoms with Crippen LogP contribution in [0.2, 0.25) is 0 Å². The van der Waals surface area contributed by atoms with Crippen LogP contribution in [0.5, 0.6) is 0 Å². The predicted molar refractivity (Wildman–Crippen MR) is 86.3 cm³/mol. The molecule has 0 aliphatic rings. The fourth-order valence-electron chi connectivity index (χ4n) is 2.15. The zero-order chi connectivity index (χ0) is 13.8. The number of aromatic amines is 1. The highest BCUT2D eigenvalue weighted by molar-refractivity contribution is 7.98. The fourth-order valence-corrected chi connectivity index (χ4v) is 3.00. The molecule has 102 valence electrons. The second-order valence-electron chi connectivity index (χ2n) is 4.58. The molecule has 3 nitrogen and oxygen atoms in total. The fraction of sp³-hybridized carbons (Fsp3) is 0.188. The van der Waals surface area contributed by atoms with Gasteiger partial charge >= 0.3 is 0 Å². The number of hydrogen-bond acceptors (Lipinski definition) is 3. The van der Waals surface area contributed by atoms with Gasteiger partial charge in [-0.25, -0.2) is 0 Å². The van der Waals surface area contributed by atoms with Crippen molar-refractivity contribution in [2.24, 2.45) is 0 Å². The molecule has 0 saturated heterocycles. The maximum absolute atomic E-state index is 4.42. The largest absolute Gasteiger partial charge is 0.385 e. The van der Waals surface area contributed by atoms with E-state index in [9.17, 15) is 0 Å². The van der Waals surface area contributed by atoms with Crippen molar-refractivity contribution in [3.63, 3.8) is 0 Å². The van der Waals surface area contributed by atoms with Gasteiger partial charge in [0, 0.05) is 35.1 Å². The first-order chi connectivity index (χ1) is 9.85. The van der Waals surface area contributed by atoms with Crippen molar-refractivity contribution in [2.75, 3.05) is 11.9 Å². The van der Waals surface area contributed by atoms with Crippen molar-refractivity contribution in [3.8, 4) is 0 Å². The minimum Gasteiger partial charge on any atom is -0.385 e. The summed E-state index contributed by atoms with van der Waals surface area (Å²) in [5.41, 5.74) is 3.41. The number of H-pyrrole nitrogens is 1. The third kappa shape index (κ3) is 2.96. The van der Waals surface area contributed by atoms with Gasteiger partial charge in [0.05, 0.1) is 10.7 Å². The van der Waals surface area contributed by atoms with Crippen molar-refractivity contribution < 1.29 is 0 Å². The summed E-state index contributed by atoms with van der Waals surface area (Å²) in [5, 5.41) is 5.75. The van der Waals surface area contributed by atoms with E-state index in [4.69, 9.17) is 0 Å². The number of hydrogen-bond donors (Lipinski definition) is 2. The van der Waals surface area contributed by atoms with Crippen molar-refractivity contribution in [2.45, 2.75) is 17.7 Å². The summed E-state index contributed by atoms with van der Waals surface area (Å²) in [5.74, 6) is 0.867. The van der Waals surface area contributed by atoms with Crippen LogP contribution in [-0.4, -0.2) is 16.5 Å². The molecule has 3 rings (SSSR count). The predicted octanol–water partition coefficient (Wildman–Crippen LogP) is 4.29. The molecular formula is C16H17N3S. The van der Waals surface area contributed by atoms with Crippen molar-refractivity contribution >= 4 is 28.4 Å². The molecule has 0 bridgehead atoms. The van der Waals surface area contributed by atoms with Gasteiger partial charge in [-0.1, -0.05) is 18.2 Å². The first-order valence-electron chi connectivity index (χ1n) is 6.74. The minimum atomic E-state index is 0.867. The average Bonchev–Trinajstić information content (AvgIpc) is 2.89. The summed E-state index contributed by atoms with van der Waals surface area (Å²) in [4.78, 5) is 7.84. The lowest BCUT2D eigenvalue weighted by molar-refractivity contribution is 1.14. The normalized spacial score (nSPS) is 10.8. The zero-order valence-electron chi connectivity index (χ0n) is 11.4. The minimum absolute atomic E-state index is 0.867. The number of thioether (sulfide) groups is 1. The highest BCUT2D eigenvalue weighted by Gasteiger charge is 2.02. The van der Waals surface area contributed by atoms with Gasteiger partial charge in [0.1, 0.15) is 0 Å². The van der Waals surface area contributed by atoms with Gasteiger partial charge in [-0.15, -0.1) is 11.8 Å². The van der Waals surface area contributed by atoms with Crippen LogP contribution in [0.15, 0.2) is 53.7 Å². The van der Waals surface area contributed by atoms with Crippen molar-refractivity contribution in [1.29, 1.82) is 0 Å². The number of pyridine rings is 1. The summed E-state index contributed by atoms with van der Waals surface area (Å²) in [7, 11) is 0. The number of fused-ring (bicyclic) bond motifs is 1. The Hall–Kier alpha value is -1.94. The summed E-state index contributed by atoms with van der Waals surface area (Å²) < 4.78 is 0. The zero-order valence-corrected chi connectivity index (χ0v) is 12.2. The van der Waals surface area contributed by atoms with Gasteiger partial charge in [-0.3, -0.25) is 4.98 Å². The van der Waals surface area contributed by atoms with Crippen LogP contribution in [0.25, 0.3) is 10.9 Å². The molecular weight excluding hydrogens is 266 g/mol. The second-order valence-corrected chi connectivity index (χ2v) is 5.59. The van der Waals surface area contributed by atoms with Gasteiger partial charge in [0.2, 0.25) is 0 Å². The van der Waals surface area contributed by atoms with E-state index in [2.05, 4.69) is 58.6 Å². The number of benzene rings is 1. The van der Waals surface area contributed by atoms with Crippen LogP contribution >= 0.6 is 11.8 Å². The monoisotopic (exact) mass is 283 g/mol. The molecule has 0 amide bonds. The van der Waals surface area contributed by atoms with Gasteiger partial charge in [0.15, 0.2) is 0 Å². The molecule has 3 aromatic rings. The molecule has 0 radical (unpaired) electrons. The molecule has 0 saturated carbocycles. The molecule has 2 aromatic heterocycles. The number of aromatic nitrogens is 2. The molecule has 0 unspecified atom stereocenters. The van der Waals surface area contributed by atoms with Gasteiger partial charge in [0.25, 0.3) is 0 Å². The molecule has 0 atom stereocenters. The Labute approximate surface area is 122 Å². The Bertz CT molecular complexity index is 673. The lowest BCUT2D eigenvalue weighted by atomic mass is 10.3. The van der Waals surface area contributed by atoms with E-state index in [0.717, 1.165) is 23.7 Å². The first kappa shape index (κ1) is 13.1. The second kappa shape index (κ2) is 6.01. The van der Waals surface area contributed by atoms with Crippen LogP contribution in [0.4, 0.5) is 5.69 Å². The highest BCUT2D eigenvalue weighted by atomic mass is 32.2. The molecule has 2 N–H and O–H groups in total. The summed E-state index contributed by atoms with van der Waals surface area (Å²) in [6.07, 6.45) is 1.86. The maximum atomic E-state index is 4.42. The van der Waals surface area contributed by atoms with Gasteiger partial charge in [-0.2, -0.15) is 0 Å². The molecule has 0 aliphatic carbocycles. The topological polar surface area (TPSA) is 40.7 Å². The standard InChI is InChI=1S/C16H17N3S/c1-2-17-13-7-8-18-14(10-13)11-20-16-9-12-5-3-4-6-15(12)19-16/h3-10,19H,2,11H2,1H3,(H,17,18). The van der Waals surface area contributed by atoms with E-state index in [1.54, 1.807) is 11.8 Å². The third-order valence-electron chi connectivity index (χ3n) is 3.08. The quantitative estimate of drug-likeness (QED) is 0.686. The molecule has 4 heteroatoms. The van der Waals surface area contributed by atoms with Crippen molar-refractivity contribution in [3.05, 3.63) is 54.4 Å². The molecule has 0 fully saturated rings. The number of nitrogens with one attached hydrogen (secondary N) is 2. The maximum Gasteiger partial charge on any atom is 0.0736 e. The smallest absolute Gasteiger partial charge is 0.0736 e. The summed E-state index contributed by atoms with van der Waals surface area (Å²) in [6, 6.07) is 14.6. The Morgan fingerprint density at radius 2 is 2.10 bits per heavy atom. The molecule has 1 aromatic carbocycles. The van der Waals surface area contributed by atoms with E-state index in [1.165, 1.54) is 15.9 Å². The SMILES string of the molecule is CCNc1ccnc(CSc2cc3ccccc3[nH]2)c1. The molecule has 0 spiro atoms. The van der Waals surface area contributed by atoms with Crippen LogP contribution in [-0.2, 0) is 5.75 Å².